The zero-order valence-electron chi connectivity index (χ0n) is 16.6. The number of fused-ring (bicyclic) bond motifs is 1. The predicted molar refractivity (Wildman–Crippen MR) is 121 cm³/mol. The fourth-order valence-corrected chi connectivity index (χ4v) is 3.91. The molecule has 4 aromatic rings. The second kappa shape index (κ2) is 8.80. The number of nitrogens with zero attached hydrogens (tertiary/aromatic N) is 2. The van der Waals surface area contributed by atoms with Crippen molar-refractivity contribution < 1.29 is 14.4 Å². The van der Waals surface area contributed by atoms with Crippen molar-refractivity contribution in [3.63, 3.8) is 0 Å². The van der Waals surface area contributed by atoms with Crippen LogP contribution in [0.3, 0.4) is 0 Å². The van der Waals surface area contributed by atoms with Crippen molar-refractivity contribution in [2.45, 2.75) is 6.92 Å². The van der Waals surface area contributed by atoms with Gasteiger partial charge < -0.3 is 20.5 Å². The summed E-state index contributed by atoms with van der Waals surface area (Å²) in [6.07, 6.45) is 3.83. The molecule has 0 saturated heterocycles. The number of thiazole rings is 1. The van der Waals surface area contributed by atoms with Gasteiger partial charge in [-0.1, -0.05) is 11.3 Å². The van der Waals surface area contributed by atoms with Crippen LogP contribution >= 0.6 is 11.3 Å². The van der Waals surface area contributed by atoms with Crippen LogP contribution in [0.15, 0.2) is 67.0 Å². The molecule has 3 amide bonds. The highest BCUT2D eigenvalue weighted by molar-refractivity contribution is 7.20. The summed E-state index contributed by atoms with van der Waals surface area (Å²) in [6, 6.07) is 15.8. The van der Waals surface area contributed by atoms with Gasteiger partial charge in [0, 0.05) is 36.3 Å². The van der Waals surface area contributed by atoms with Gasteiger partial charge in [0.2, 0.25) is 11.8 Å². The van der Waals surface area contributed by atoms with Crippen molar-refractivity contribution >= 4 is 50.6 Å². The number of anilines is 2. The second-order valence-corrected chi connectivity index (χ2v) is 7.77. The van der Waals surface area contributed by atoms with Gasteiger partial charge in [-0.15, -0.1) is 0 Å². The minimum absolute atomic E-state index is 0.165. The first-order valence-electron chi connectivity index (χ1n) is 9.47. The quantitative estimate of drug-likeness (QED) is 0.433. The molecule has 0 bridgehead atoms. The molecule has 0 aliphatic carbocycles. The average Bonchev–Trinajstić information content (AvgIpc) is 3.42. The molecule has 2 aromatic carbocycles. The molecule has 0 fully saturated rings. The summed E-state index contributed by atoms with van der Waals surface area (Å²) in [5.41, 5.74) is 2.47. The Hall–Kier alpha value is -3.98. The van der Waals surface area contributed by atoms with Gasteiger partial charge in [0.25, 0.3) is 5.91 Å². The minimum atomic E-state index is -0.352. The number of hydrogen-bond acceptors (Lipinski definition) is 5. The molecule has 0 aliphatic heterocycles. The summed E-state index contributed by atoms with van der Waals surface area (Å²) in [5, 5.41) is 8.80. The summed E-state index contributed by atoms with van der Waals surface area (Å²) in [4.78, 5) is 40.2. The maximum atomic E-state index is 12.5. The lowest BCUT2D eigenvalue weighted by molar-refractivity contribution is -0.115. The highest BCUT2D eigenvalue weighted by Crippen LogP contribution is 2.26. The highest BCUT2D eigenvalue weighted by Gasteiger charge is 2.12. The van der Waals surface area contributed by atoms with Gasteiger partial charge in [-0.25, -0.2) is 4.98 Å². The number of amides is 3. The molecule has 0 saturated carbocycles. The van der Waals surface area contributed by atoms with Crippen LogP contribution < -0.4 is 16.0 Å². The molecule has 0 unspecified atom stereocenters. The van der Waals surface area contributed by atoms with Crippen molar-refractivity contribution in [2.75, 3.05) is 17.2 Å². The van der Waals surface area contributed by atoms with Crippen LogP contribution in [-0.2, 0) is 9.59 Å². The van der Waals surface area contributed by atoms with Crippen molar-refractivity contribution in [3.05, 3.63) is 72.6 Å². The van der Waals surface area contributed by atoms with Crippen LogP contribution in [0.25, 0.3) is 15.3 Å². The first-order chi connectivity index (χ1) is 15.0. The van der Waals surface area contributed by atoms with E-state index in [4.69, 9.17) is 0 Å². The first-order valence-corrected chi connectivity index (χ1v) is 10.3. The van der Waals surface area contributed by atoms with Crippen molar-refractivity contribution in [2.24, 2.45) is 0 Å². The summed E-state index contributed by atoms with van der Waals surface area (Å²) in [5.74, 6) is -0.861. The predicted octanol–water partition coefficient (Wildman–Crippen LogP) is 3.41. The number of carbonyl (C=O) groups excluding carboxylic acids is 3. The highest BCUT2D eigenvalue weighted by atomic mass is 32.1. The standard InChI is InChI=1S/C22H19N5O3S/c1-14(28)24-16-5-7-17(8-6-16)25-20(29)13-23-21(30)15-4-9-18-19(12-15)31-22(26-18)27-10-2-3-11-27/h2-12H,13H2,1H3,(H,23,30)(H,24,28)(H,25,29). The minimum Gasteiger partial charge on any atom is -0.343 e. The Balaban J connectivity index is 1.35. The molecule has 2 aromatic heterocycles. The molecule has 0 spiro atoms. The molecule has 9 heteroatoms. The molecule has 0 radical (unpaired) electrons. The van der Waals surface area contributed by atoms with E-state index in [0.717, 1.165) is 15.3 Å². The lowest BCUT2D eigenvalue weighted by Crippen LogP contribution is -2.32. The summed E-state index contributed by atoms with van der Waals surface area (Å²) < 4.78 is 2.80. The van der Waals surface area contributed by atoms with Crippen molar-refractivity contribution in [3.8, 4) is 5.13 Å². The van der Waals surface area contributed by atoms with E-state index < -0.39 is 0 Å². The molecule has 0 atom stereocenters. The van der Waals surface area contributed by atoms with Gasteiger partial charge in [0.15, 0.2) is 5.13 Å². The van der Waals surface area contributed by atoms with Gasteiger partial charge in [0.1, 0.15) is 0 Å². The van der Waals surface area contributed by atoms with Crippen LogP contribution in [0.5, 0.6) is 0 Å². The van der Waals surface area contributed by atoms with Gasteiger partial charge in [-0.3, -0.25) is 14.4 Å². The van der Waals surface area contributed by atoms with Crippen molar-refractivity contribution in [1.29, 1.82) is 0 Å². The molecule has 3 N–H and O–H groups in total. The Morgan fingerprint density at radius 1 is 0.968 bits per heavy atom. The monoisotopic (exact) mass is 433 g/mol. The summed E-state index contributed by atoms with van der Waals surface area (Å²) in [7, 11) is 0. The number of hydrogen-bond donors (Lipinski definition) is 3. The zero-order chi connectivity index (χ0) is 21.8. The van der Waals surface area contributed by atoms with Crippen LogP contribution in [-0.4, -0.2) is 33.8 Å². The van der Waals surface area contributed by atoms with Crippen LogP contribution in [0.2, 0.25) is 0 Å². The Labute approximate surface area is 181 Å². The largest absolute Gasteiger partial charge is 0.343 e. The van der Waals surface area contributed by atoms with E-state index >= 15 is 0 Å². The van der Waals surface area contributed by atoms with Crippen molar-refractivity contribution in [1.82, 2.24) is 14.9 Å². The van der Waals surface area contributed by atoms with Crippen LogP contribution in [0.4, 0.5) is 11.4 Å². The molecule has 0 aliphatic rings. The van der Waals surface area contributed by atoms with E-state index in [-0.39, 0.29) is 24.3 Å². The molecule has 31 heavy (non-hydrogen) atoms. The average molecular weight is 433 g/mol. The van der Waals surface area contributed by atoms with Gasteiger partial charge in [0.05, 0.1) is 16.8 Å². The molecule has 156 valence electrons. The van der Waals surface area contributed by atoms with Gasteiger partial charge in [-0.05, 0) is 54.6 Å². The SMILES string of the molecule is CC(=O)Nc1ccc(NC(=O)CNC(=O)c2ccc3nc(-n4cccc4)sc3c2)cc1. The van der Waals surface area contributed by atoms with E-state index in [0.29, 0.717) is 16.9 Å². The molecule has 8 nitrogen and oxygen atoms in total. The summed E-state index contributed by atoms with van der Waals surface area (Å²) in [6.45, 7) is 1.26. The molecule has 2 heterocycles. The number of nitrogens with one attached hydrogen (secondary N) is 3. The Morgan fingerprint density at radius 3 is 2.32 bits per heavy atom. The Kier molecular flexibility index (Phi) is 5.76. The molecule has 4 rings (SSSR count). The maximum Gasteiger partial charge on any atom is 0.251 e. The number of aromatic nitrogens is 2. The lowest BCUT2D eigenvalue weighted by Gasteiger charge is -2.08. The zero-order valence-corrected chi connectivity index (χ0v) is 17.4. The number of rotatable bonds is 6. The number of benzene rings is 2. The van der Waals surface area contributed by atoms with E-state index in [2.05, 4.69) is 20.9 Å². The Morgan fingerprint density at radius 2 is 1.65 bits per heavy atom. The molecular formula is C22H19N5O3S. The topological polar surface area (TPSA) is 105 Å². The smallest absolute Gasteiger partial charge is 0.251 e. The second-order valence-electron chi connectivity index (χ2n) is 6.76. The fourth-order valence-electron chi connectivity index (χ4n) is 2.93. The normalized spacial score (nSPS) is 10.6. The maximum absolute atomic E-state index is 12.5. The fraction of sp³-hybridized carbons (Fsp3) is 0.0909. The number of carbonyl (C=O) groups is 3. The summed E-state index contributed by atoms with van der Waals surface area (Å²) >= 11 is 1.48. The van der Waals surface area contributed by atoms with E-state index in [1.165, 1.54) is 18.3 Å². The van der Waals surface area contributed by atoms with Crippen LogP contribution in [0.1, 0.15) is 17.3 Å². The van der Waals surface area contributed by atoms with Gasteiger partial charge in [-0.2, -0.15) is 0 Å². The third kappa shape index (κ3) is 4.96. The van der Waals surface area contributed by atoms with E-state index in [1.807, 2.05) is 29.1 Å². The molecular weight excluding hydrogens is 414 g/mol. The van der Waals surface area contributed by atoms with E-state index in [9.17, 15) is 14.4 Å². The third-order valence-electron chi connectivity index (χ3n) is 4.36. The lowest BCUT2D eigenvalue weighted by atomic mass is 10.2. The Bertz CT molecular complexity index is 1250. The van der Waals surface area contributed by atoms with Crippen LogP contribution in [0, 0.1) is 0 Å². The van der Waals surface area contributed by atoms with Gasteiger partial charge >= 0.3 is 0 Å². The first kappa shape index (κ1) is 20.3. The third-order valence-corrected chi connectivity index (χ3v) is 5.39. The van der Waals surface area contributed by atoms with E-state index in [1.54, 1.807) is 42.5 Å².